The van der Waals surface area contributed by atoms with Crippen molar-refractivity contribution in [2.45, 2.75) is 6.54 Å². The molecule has 1 aromatic heterocycles. The van der Waals surface area contributed by atoms with E-state index in [2.05, 4.69) is 10.4 Å². The molecule has 10 heavy (non-hydrogen) atoms. The van der Waals surface area contributed by atoms with E-state index in [1.165, 1.54) is 5.69 Å². The predicted molar refractivity (Wildman–Crippen MR) is 43.2 cm³/mol. The van der Waals surface area contributed by atoms with Crippen molar-refractivity contribution in [3.8, 4) is 0 Å². The fourth-order valence-electron chi connectivity index (χ4n) is 0.756. The maximum absolute atomic E-state index is 4.01. The van der Waals surface area contributed by atoms with Crippen molar-refractivity contribution in [1.29, 1.82) is 0 Å². The first kappa shape index (κ1) is 9.46. The monoisotopic (exact) mass is 161 g/mol. The van der Waals surface area contributed by atoms with E-state index in [1.54, 1.807) is 6.20 Å². The van der Waals surface area contributed by atoms with Gasteiger partial charge in [-0.1, -0.05) is 0 Å². The fourth-order valence-corrected chi connectivity index (χ4v) is 0.756. The molecule has 58 valence electrons. The number of hydrogen-bond donors (Lipinski definition) is 1. The van der Waals surface area contributed by atoms with Crippen LogP contribution in [0.2, 0.25) is 0 Å². The Balaban J connectivity index is 0.000000810. The highest BCUT2D eigenvalue weighted by molar-refractivity contribution is 5.85. The van der Waals surface area contributed by atoms with E-state index in [4.69, 9.17) is 0 Å². The van der Waals surface area contributed by atoms with Crippen molar-refractivity contribution in [3.63, 3.8) is 0 Å². The molecule has 0 saturated carbocycles. The zero-order valence-corrected chi connectivity index (χ0v) is 6.98. The number of nitrogens with zero attached hydrogens (tertiary/aromatic N) is 2. The van der Waals surface area contributed by atoms with Gasteiger partial charge in [-0.2, -0.15) is 5.10 Å². The molecule has 3 nitrogen and oxygen atoms in total. The summed E-state index contributed by atoms with van der Waals surface area (Å²) in [5.41, 5.74) is 1.21. The summed E-state index contributed by atoms with van der Waals surface area (Å²) in [6.45, 7) is 0.885. The Kier molecular flexibility index (Phi) is 4.07. The lowest BCUT2D eigenvalue weighted by Gasteiger charge is -1.97. The second kappa shape index (κ2) is 4.30. The first-order chi connectivity index (χ1) is 4.34. The van der Waals surface area contributed by atoms with Crippen LogP contribution in [0.3, 0.4) is 0 Å². The average Bonchev–Trinajstić information content (AvgIpc) is 2.18. The molecule has 1 rings (SSSR count). The molecular formula is C6H12ClN3. The van der Waals surface area contributed by atoms with E-state index in [0.717, 1.165) is 6.54 Å². The number of hydrogen-bond acceptors (Lipinski definition) is 2. The van der Waals surface area contributed by atoms with E-state index >= 15 is 0 Å². The van der Waals surface area contributed by atoms with Crippen LogP contribution in [0.4, 0.5) is 0 Å². The average molecular weight is 162 g/mol. The summed E-state index contributed by atoms with van der Waals surface area (Å²) in [6.07, 6.45) is 1.80. The first-order valence-electron chi connectivity index (χ1n) is 2.96. The summed E-state index contributed by atoms with van der Waals surface area (Å²) in [6, 6.07) is 2.00. The summed E-state index contributed by atoms with van der Waals surface area (Å²) in [4.78, 5) is 0. The van der Waals surface area contributed by atoms with Crippen LogP contribution in [0.15, 0.2) is 12.3 Å². The topological polar surface area (TPSA) is 29.9 Å². The van der Waals surface area contributed by atoms with Crippen LogP contribution in [-0.4, -0.2) is 16.8 Å². The highest BCUT2D eigenvalue weighted by Gasteiger charge is 1.92. The van der Waals surface area contributed by atoms with Gasteiger partial charge in [-0.15, -0.1) is 12.4 Å². The Bertz CT molecular complexity index is 185. The molecule has 0 aromatic carbocycles. The summed E-state index contributed by atoms with van der Waals surface area (Å²) >= 11 is 0. The van der Waals surface area contributed by atoms with Gasteiger partial charge < -0.3 is 5.32 Å². The number of rotatable bonds is 2. The van der Waals surface area contributed by atoms with Crippen LogP contribution in [-0.2, 0) is 13.6 Å². The van der Waals surface area contributed by atoms with Gasteiger partial charge in [0.1, 0.15) is 0 Å². The third-order valence-electron chi connectivity index (χ3n) is 1.28. The molecule has 0 unspecified atom stereocenters. The normalized spacial score (nSPS) is 9.00. The van der Waals surface area contributed by atoms with Gasteiger partial charge in [0.2, 0.25) is 0 Å². The summed E-state index contributed by atoms with van der Waals surface area (Å²) in [5.74, 6) is 0. The van der Waals surface area contributed by atoms with Crippen molar-refractivity contribution < 1.29 is 0 Å². The fraction of sp³-hybridized carbons (Fsp3) is 0.500. The SMILES string of the molecule is CNCc1ccnn1C.Cl. The summed E-state index contributed by atoms with van der Waals surface area (Å²) in [5, 5.41) is 7.06. The molecule has 0 saturated heterocycles. The Morgan fingerprint density at radius 3 is 2.80 bits per heavy atom. The molecule has 0 spiro atoms. The Morgan fingerprint density at radius 1 is 1.70 bits per heavy atom. The lowest BCUT2D eigenvalue weighted by atomic mass is 10.4. The van der Waals surface area contributed by atoms with Gasteiger partial charge in [0, 0.05) is 19.8 Å². The number of aromatic nitrogens is 2. The molecule has 0 atom stereocenters. The molecule has 0 amide bonds. The largest absolute Gasteiger partial charge is 0.314 e. The standard InChI is InChI=1S/C6H11N3.ClH/c1-7-5-6-3-4-8-9(6)2;/h3-4,7H,5H2,1-2H3;1H. The van der Waals surface area contributed by atoms with Gasteiger partial charge in [0.25, 0.3) is 0 Å². The number of aryl methyl sites for hydroxylation is 1. The molecule has 0 radical (unpaired) electrons. The Hall–Kier alpha value is -0.540. The summed E-state index contributed by atoms with van der Waals surface area (Å²) < 4.78 is 1.86. The second-order valence-electron chi connectivity index (χ2n) is 1.98. The molecule has 1 heterocycles. The lowest BCUT2D eigenvalue weighted by Crippen LogP contribution is -2.09. The quantitative estimate of drug-likeness (QED) is 0.687. The van der Waals surface area contributed by atoms with Crippen molar-refractivity contribution in [2.24, 2.45) is 7.05 Å². The second-order valence-corrected chi connectivity index (χ2v) is 1.98. The van der Waals surface area contributed by atoms with E-state index < -0.39 is 0 Å². The molecule has 0 fully saturated rings. The van der Waals surface area contributed by atoms with Gasteiger partial charge >= 0.3 is 0 Å². The van der Waals surface area contributed by atoms with E-state index in [-0.39, 0.29) is 12.4 Å². The van der Waals surface area contributed by atoms with Crippen LogP contribution in [0.1, 0.15) is 5.69 Å². The zero-order chi connectivity index (χ0) is 6.69. The van der Waals surface area contributed by atoms with Gasteiger partial charge in [-0.25, -0.2) is 0 Å². The molecule has 4 heteroatoms. The van der Waals surface area contributed by atoms with Crippen LogP contribution >= 0.6 is 12.4 Å². The Morgan fingerprint density at radius 2 is 2.40 bits per heavy atom. The van der Waals surface area contributed by atoms with Gasteiger partial charge in [-0.05, 0) is 13.1 Å². The van der Waals surface area contributed by atoms with Crippen LogP contribution in [0.25, 0.3) is 0 Å². The zero-order valence-electron chi connectivity index (χ0n) is 6.16. The molecule has 0 aliphatic heterocycles. The van der Waals surface area contributed by atoms with Crippen LogP contribution in [0.5, 0.6) is 0 Å². The molecule has 0 aliphatic rings. The number of nitrogens with one attached hydrogen (secondary N) is 1. The van der Waals surface area contributed by atoms with Crippen LogP contribution < -0.4 is 5.32 Å². The molecule has 1 N–H and O–H groups in total. The van der Waals surface area contributed by atoms with Crippen molar-refractivity contribution >= 4 is 12.4 Å². The van der Waals surface area contributed by atoms with Crippen molar-refractivity contribution in [3.05, 3.63) is 18.0 Å². The maximum Gasteiger partial charge on any atom is 0.0518 e. The van der Waals surface area contributed by atoms with E-state index in [9.17, 15) is 0 Å². The minimum atomic E-state index is 0. The smallest absolute Gasteiger partial charge is 0.0518 e. The van der Waals surface area contributed by atoms with Gasteiger partial charge in [-0.3, -0.25) is 4.68 Å². The van der Waals surface area contributed by atoms with E-state index in [1.807, 2.05) is 24.8 Å². The van der Waals surface area contributed by atoms with Gasteiger partial charge in [0.15, 0.2) is 0 Å². The minimum Gasteiger partial charge on any atom is -0.314 e. The third-order valence-corrected chi connectivity index (χ3v) is 1.28. The lowest BCUT2D eigenvalue weighted by molar-refractivity contribution is 0.672. The molecule has 0 aliphatic carbocycles. The van der Waals surface area contributed by atoms with Crippen LogP contribution in [0, 0.1) is 0 Å². The molecule has 1 aromatic rings. The van der Waals surface area contributed by atoms with E-state index in [0.29, 0.717) is 0 Å². The molecule has 0 bridgehead atoms. The highest BCUT2D eigenvalue weighted by Crippen LogP contribution is 1.92. The minimum absolute atomic E-state index is 0. The van der Waals surface area contributed by atoms with Crippen molar-refractivity contribution in [2.75, 3.05) is 7.05 Å². The first-order valence-corrected chi connectivity index (χ1v) is 2.96. The maximum atomic E-state index is 4.01. The Labute approximate surface area is 66.8 Å². The summed E-state index contributed by atoms with van der Waals surface area (Å²) in [7, 11) is 3.86. The molecular weight excluding hydrogens is 150 g/mol. The third kappa shape index (κ3) is 2.01. The highest BCUT2D eigenvalue weighted by atomic mass is 35.5. The predicted octanol–water partition coefficient (Wildman–Crippen LogP) is 0.561. The van der Waals surface area contributed by atoms with Gasteiger partial charge in [0.05, 0.1) is 5.69 Å². The number of halogens is 1. The van der Waals surface area contributed by atoms with Crippen molar-refractivity contribution in [1.82, 2.24) is 15.1 Å².